The van der Waals surface area contributed by atoms with E-state index in [1.165, 1.54) is 0 Å². The Balaban J connectivity index is 2.44. The molecule has 0 aromatic carbocycles. The molecule has 1 aliphatic heterocycles. The van der Waals surface area contributed by atoms with E-state index in [0.717, 1.165) is 0 Å². The molecule has 0 spiro atoms. The summed E-state index contributed by atoms with van der Waals surface area (Å²) in [7, 11) is 0. The topological polar surface area (TPSA) is 169 Å². The van der Waals surface area contributed by atoms with Crippen LogP contribution in [0.5, 0.6) is 0 Å². The third kappa shape index (κ3) is 4.61. The van der Waals surface area contributed by atoms with Crippen LogP contribution in [0.3, 0.4) is 0 Å². The number of nitrogens with one attached hydrogen (secondary N) is 1. The summed E-state index contributed by atoms with van der Waals surface area (Å²) < 4.78 is 9.91. The molecule has 5 unspecified atom stereocenters. The Morgan fingerprint density at radius 2 is 1.85 bits per heavy atom. The van der Waals surface area contributed by atoms with E-state index in [1.807, 2.05) is 0 Å². The van der Waals surface area contributed by atoms with Crippen molar-refractivity contribution >= 4 is 5.91 Å². The van der Waals surface area contributed by atoms with Gasteiger partial charge in [0.1, 0.15) is 31.0 Å². The summed E-state index contributed by atoms with van der Waals surface area (Å²) in [4.78, 5) is 11.2. The molecule has 1 aliphatic rings. The van der Waals surface area contributed by atoms with Crippen LogP contribution >= 0.6 is 0 Å². The Hall–Kier alpha value is -0.850. The molecular formula is C10H19NO9. The molecule has 1 amide bonds. The number of aliphatic hydroxyl groups excluding tert-OH is 5. The zero-order valence-electron chi connectivity index (χ0n) is 10.5. The molecule has 1 saturated heterocycles. The van der Waals surface area contributed by atoms with Crippen LogP contribution in [0.2, 0.25) is 0 Å². The van der Waals surface area contributed by atoms with Gasteiger partial charge in [-0.1, -0.05) is 0 Å². The van der Waals surface area contributed by atoms with E-state index >= 15 is 0 Å². The van der Waals surface area contributed by atoms with Crippen molar-refractivity contribution in [2.24, 2.45) is 0 Å². The predicted molar refractivity (Wildman–Crippen MR) is 61.0 cm³/mol. The quantitative estimate of drug-likeness (QED) is 0.238. The third-order valence-electron chi connectivity index (χ3n) is 2.71. The number of carbonyl (C=O) groups is 1. The van der Waals surface area contributed by atoms with Crippen molar-refractivity contribution in [1.29, 1.82) is 0 Å². The molecule has 10 nitrogen and oxygen atoms in total. The first-order chi connectivity index (χ1) is 9.36. The van der Waals surface area contributed by atoms with Crippen molar-refractivity contribution < 1.29 is 44.9 Å². The second-order valence-electron chi connectivity index (χ2n) is 4.29. The van der Waals surface area contributed by atoms with Gasteiger partial charge in [0.2, 0.25) is 5.91 Å². The van der Waals surface area contributed by atoms with Crippen molar-refractivity contribution in [3.05, 3.63) is 0 Å². The molecule has 5 atom stereocenters. The molecule has 10 heteroatoms. The molecule has 0 aromatic heterocycles. The average molecular weight is 297 g/mol. The van der Waals surface area contributed by atoms with Gasteiger partial charge in [0.25, 0.3) is 0 Å². The van der Waals surface area contributed by atoms with Gasteiger partial charge < -0.3 is 45.4 Å². The summed E-state index contributed by atoms with van der Waals surface area (Å²) in [6, 6.07) is 0. The highest BCUT2D eigenvalue weighted by atomic mass is 16.7. The van der Waals surface area contributed by atoms with Crippen LogP contribution in [0.1, 0.15) is 0 Å². The SMILES string of the molecule is O=C(COC1OC(CO)C(O)C(O)C1O)NCC(O)O. The van der Waals surface area contributed by atoms with Crippen LogP contribution < -0.4 is 5.32 Å². The fourth-order valence-electron chi connectivity index (χ4n) is 1.62. The Morgan fingerprint density at radius 3 is 2.40 bits per heavy atom. The minimum absolute atomic E-state index is 0.392. The van der Waals surface area contributed by atoms with E-state index in [1.54, 1.807) is 0 Å². The molecular weight excluding hydrogens is 278 g/mol. The van der Waals surface area contributed by atoms with Gasteiger partial charge in [-0.15, -0.1) is 0 Å². The summed E-state index contributed by atoms with van der Waals surface area (Å²) in [6.07, 6.45) is -8.92. The number of aliphatic hydroxyl groups is 6. The van der Waals surface area contributed by atoms with Gasteiger partial charge in [-0.05, 0) is 0 Å². The molecule has 0 bridgehead atoms. The van der Waals surface area contributed by atoms with Crippen LogP contribution in [-0.4, -0.2) is 93.3 Å². The predicted octanol–water partition coefficient (Wildman–Crippen LogP) is -4.77. The van der Waals surface area contributed by atoms with Gasteiger partial charge >= 0.3 is 0 Å². The summed E-state index contributed by atoms with van der Waals surface area (Å²) >= 11 is 0. The average Bonchev–Trinajstić information content (AvgIpc) is 2.42. The number of hydrogen-bond acceptors (Lipinski definition) is 9. The van der Waals surface area contributed by atoms with E-state index in [2.05, 4.69) is 5.32 Å². The van der Waals surface area contributed by atoms with E-state index in [9.17, 15) is 20.1 Å². The fraction of sp³-hybridized carbons (Fsp3) is 0.900. The minimum Gasteiger partial charge on any atom is -0.394 e. The highest BCUT2D eigenvalue weighted by Crippen LogP contribution is 2.21. The molecule has 20 heavy (non-hydrogen) atoms. The lowest BCUT2D eigenvalue weighted by atomic mass is 9.99. The summed E-state index contributed by atoms with van der Waals surface area (Å²) in [6.45, 7) is -1.57. The van der Waals surface area contributed by atoms with Crippen LogP contribution in [0.25, 0.3) is 0 Å². The monoisotopic (exact) mass is 297 g/mol. The minimum atomic E-state index is -1.70. The number of hydrogen-bond donors (Lipinski definition) is 7. The maximum absolute atomic E-state index is 11.2. The van der Waals surface area contributed by atoms with Crippen molar-refractivity contribution in [3.8, 4) is 0 Å². The second-order valence-corrected chi connectivity index (χ2v) is 4.29. The Labute approximate surface area is 114 Å². The lowest BCUT2D eigenvalue weighted by Crippen LogP contribution is -2.59. The van der Waals surface area contributed by atoms with Gasteiger partial charge in [0, 0.05) is 0 Å². The zero-order valence-corrected chi connectivity index (χ0v) is 10.5. The molecule has 1 heterocycles. The normalized spacial score (nSPS) is 34.2. The second kappa shape index (κ2) is 7.81. The largest absolute Gasteiger partial charge is 0.394 e. The van der Waals surface area contributed by atoms with Crippen LogP contribution in [0, 0.1) is 0 Å². The summed E-state index contributed by atoms with van der Waals surface area (Å²) in [5, 5.41) is 56.7. The lowest BCUT2D eigenvalue weighted by Gasteiger charge is -2.39. The van der Waals surface area contributed by atoms with Gasteiger partial charge in [-0.25, -0.2) is 0 Å². The van der Waals surface area contributed by atoms with Crippen molar-refractivity contribution in [2.75, 3.05) is 19.8 Å². The van der Waals surface area contributed by atoms with Crippen LogP contribution in [0.15, 0.2) is 0 Å². The van der Waals surface area contributed by atoms with Gasteiger partial charge in [0.05, 0.1) is 13.2 Å². The third-order valence-corrected chi connectivity index (χ3v) is 2.71. The number of amides is 1. The molecule has 0 aliphatic carbocycles. The maximum atomic E-state index is 11.2. The highest BCUT2D eigenvalue weighted by Gasteiger charge is 2.44. The van der Waals surface area contributed by atoms with E-state index in [-0.39, 0.29) is 0 Å². The first-order valence-corrected chi connectivity index (χ1v) is 5.91. The highest BCUT2D eigenvalue weighted by molar-refractivity contribution is 5.77. The fourth-order valence-corrected chi connectivity index (χ4v) is 1.62. The molecule has 0 radical (unpaired) electrons. The zero-order chi connectivity index (χ0) is 15.3. The first kappa shape index (κ1) is 17.2. The Morgan fingerprint density at radius 1 is 1.20 bits per heavy atom. The van der Waals surface area contributed by atoms with Crippen molar-refractivity contribution in [3.63, 3.8) is 0 Å². The number of carbonyl (C=O) groups excluding carboxylic acids is 1. The number of ether oxygens (including phenoxy) is 2. The molecule has 0 saturated carbocycles. The van der Waals surface area contributed by atoms with Gasteiger partial charge in [0.15, 0.2) is 12.6 Å². The molecule has 0 aromatic rings. The summed E-state index contributed by atoms with van der Waals surface area (Å²) in [5.74, 6) is -0.699. The molecule has 7 N–H and O–H groups in total. The van der Waals surface area contributed by atoms with Crippen molar-refractivity contribution in [1.82, 2.24) is 5.32 Å². The van der Waals surface area contributed by atoms with Gasteiger partial charge in [-0.3, -0.25) is 4.79 Å². The summed E-state index contributed by atoms with van der Waals surface area (Å²) in [5.41, 5.74) is 0. The van der Waals surface area contributed by atoms with Crippen LogP contribution in [-0.2, 0) is 14.3 Å². The number of rotatable bonds is 6. The van der Waals surface area contributed by atoms with E-state index in [4.69, 9.17) is 24.8 Å². The lowest BCUT2D eigenvalue weighted by molar-refractivity contribution is -0.299. The van der Waals surface area contributed by atoms with E-state index in [0.29, 0.717) is 0 Å². The Kier molecular flexibility index (Phi) is 6.71. The molecule has 1 rings (SSSR count). The van der Waals surface area contributed by atoms with E-state index < -0.39 is 62.7 Å². The first-order valence-electron chi connectivity index (χ1n) is 5.91. The maximum Gasteiger partial charge on any atom is 0.246 e. The smallest absolute Gasteiger partial charge is 0.246 e. The standard InChI is InChI=1S/C10H19NO9/c12-2-4-7(16)8(17)9(18)10(20-4)19-3-5(13)11-1-6(14)15/h4,6-10,12,14-18H,1-3H2,(H,11,13). The van der Waals surface area contributed by atoms with Crippen LogP contribution in [0.4, 0.5) is 0 Å². The molecule has 118 valence electrons. The molecule has 1 fully saturated rings. The van der Waals surface area contributed by atoms with Gasteiger partial charge in [-0.2, -0.15) is 0 Å². The Bertz CT molecular complexity index is 311. The van der Waals surface area contributed by atoms with Crippen molar-refractivity contribution in [2.45, 2.75) is 37.0 Å².